The molecule has 0 radical (unpaired) electrons. The SMILES string of the molecule is CCOCCN(CCOCC)S(=O)(=O)CCNC. The third-order valence-corrected chi connectivity index (χ3v) is 4.25. The van der Waals surface area contributed by atoms with E-state index in [0.717, 1.165) is 0 Å². The molecule has 0 amide bonds. The van der Waals surface area contributed by atoms with E-state index in [-0.39, 0.29) is 5.75 Å². The van der Waals surface area contributed by atoms with Gasteiger partial charge in [-0.2, -0.15) is 4.31 Å². The zero-order valence-electron chi connectivity index (χ0n) is 11.6. The van der Waals surface area contributed by atoms with Gasteiger partial charge in [-0.15, -0.1) is 0 Å². The molecule has 0 bridgehead atoms. The highest BCUT2D eigenvalue weighted by Crippen LogP contribution is 2.01. The van der Waals surface area contributed by atoms with E-state index in [0.29, 0.717) is 46.1 Å². The van der Waals surface area contributed by atoms with Crippen molar-refractivity contribution in [2.45, 2.75) is 13.8 Å². The van der Waals surface area contributed by atoms with Crippen LogP contribution in [-0.4, -0.2) is 71.6 Å². The zero-order valence-corrected chi connectivity index (χ0v) is 12.5. The molecule has 7 heteroatoms. The van der Waals surface area contributed by atoms with E-state index in [2.05, 4.69) is 5.32 Å². The molecule has 0 saturated carbocycles. The normalized spacial score (nSPS) is 12.2. The quantitative estimate of drug-likeness (QED) is 0.507. The highest BCUT2D eigenvalue weighted by molar-refractivity contribution is 7.89. The molecule has 0 heterocycles. The number of hydrogen-bond donors (Lipinski definition) is 1. The first-order valence-corrected chi connectivity index (χ1v) is 7.97. The number of sulfonamides is 1. The van der Waals surface area contributed by atoms with Crippen molar-refractivity contribution < 1.29 is 17.9 Å². The Balaban J connectivity index is 4.32. The second-order valence-corrected chi connectivity index (χ2v) is 5.80. The molecular formula is C11H26N2O4S. The lowest BCUT2D eigenvalue weighted by molar-refractivity contribution is 0.110. The Hall–Kier alpha value is -0.210. The summed E-state index contributed by atoms with van der Waals surface area (Å²) >= 11 is 0. The average molecular weight is 282 g/mol. The minimum Gasteiger partial charge on any atom is -0.380 e. The Kier molecular flexibility index (Phi) is 10.6. The highest BCUT2D eigenvalue weighted by Gasteiger charge is 2.20. The first-order chi connectivity index (χ1) is 8.58. The van der Waals surface area contributed by atoms with Crippen molar-refractivity contribution in [3.8, 4) is 0 Å². The third kappa shape index (κ3) is 7.99. The van der Waals surface area contributed by atoms with Gasteiger partial charge in [-0.25, -0.2) is 8.42 Å². The lowest BCUT2D eigenvalue weighted by atomic mass is 10.6. The van der Waals surface area contributed by atoms with E-state index in [1.54, 1.807) is 7.05 Å². The zero-order chi connectivity index (χ0) is 13.9. The maximum absolute atomic E-state index is 12.1. The number of ether oxygens (including phenoxy) is 2. The summed E-state index contributed by atoms with van der Waals surface area (Å²) in [5, 5.41) is 2.84. The average Bonchev–Trinajstić information content (AvgIpc) is 2.35. The molecule has 0 aromatic heterocycles. The van der Waals surface area contributed by atoms with Gasteiger partial charge in [-0.3, -0.25) is 0 Å². The predicted octanol–water partition coefficient (Wildman–Crippen LogP) is -0.0894. The summed E-state index contributed by atoms with van der Waals surface area (Å²) in [5.41, 5.74) is 0. The fraction of sp³-hybridized carbons (Fsp3) is 1.00. The summed E-state index contributed by atoms with van der Waals surface area (Å²) in [5.74, 6) is 0.0990. The molecule has 1 N–H and O–H groups in total. The smallest absolute Gasteiger partial charge is 0.215 e. The largest absolute Gasteiger partial charge is 0.380 e. The van der Waals surface area contributed by atoms with E-state index < -0.39 is 10.0 Å². The molecule has 0 rings (SSSR count). The Bertz CT molecular complexity index is 273. The van der Waals surface area contributed by atoms with Gasteiger partial charge in [0, 0.05) is 32.8 Å². The second kappa shape index (κ2) is 10.7. The van der Waals surface area contributed by atoms with E-state index in [9.17, 15) is 8.42 Å². The third-order valence-electron chi connectivity index (χ3n) is 2.38. The van der Waals surface area contributed by atoms with Gasteiger partial charge in [0.2, 0.25) is 10.0 Å². The van der Waals surface area contributed by atoms with Crippen LogP contribution < -0.4 is 5.32 Å². The molecule has 0 aromatic carbocycles. The first kappa shape index (κ1) is 17.8. The van der Waals surface area contributed by atoms with Gasteiger partial charge in [-0.05, 0) is 20.9 Å². The van der Waals surface area contributed by atoms with Gasteiger partial charge in [0.15, 0.2) is 0 Å². The summed E-state index contributed by atoms with van der Waals surface area (Å²) in [4.78, 5) is 0. The van der Waals surface area contributed by atoms with Crippen LogP contribution in [0.4, 0.5) is 0 Å². The van der Waals surface area contributed by atoms with Crippen molar-refractivity contribution in [1.82, 2.24) is 9.62 Å². The molecule has 0 saturated heterocycles. The molecule has 0 unspecified atom stereocenters. The van der Waals surface area contributed by atoms with Gasteiger partial charge in [-0.1, -0.05) is 0 Å². The molecule has 6 nitrogen and oxygen atoms in total. The van der Waals surface area contributed by atoms with Crippen molar-refractivity contribution >= 4 is 10.0 Å². The summed E-state index contributed by atoms with van der Waals surface area (Å²) < 4.78 is 36.0. The number of nitrogens with zero attached hydrogens (tertiary/aromatic N) is 1. The topological polar surface area (TPSA) is 67.9 Å². The van der Waals surface area contributed by atoms with Gasteiger partial charge in [0.25, 0.3) is 0 Å². The van der Waals surface area contributed by atoms with Crippen molar-refractivity contribution in [1.29, 1.82) is 0 Å². The van der Waals surface area contributed by atoms with Crippen LogP contribution in [0, 0.1) is 0 Å². The van der Waals surface area contributed by atoms with Crippen LogP contribution in [0.3, 0.4) is 0 Å². The molecule has 110 valence electrons. The van der Waals surface area contributed by atoms with Crippen LogP contribution in [-0.2, 0) is 19.5 Å². The molecule has 18 heavy (non-hydrogen) atoms. The molecule has 0 aromatic rings. The van der Waals surface area contributed by atoms with Crippen LogP contribution in [0.1, 0.15) is 13.8 Å². The Morgan fingerprint density at radius 3 is 1.94 bits per heavy atom. The second-order valence-electron chi connectivity index (χ2n) is 3.71. The van der Waals surface area contributed by atoms with Crippen LogP contribution in [0.2, 0.25) is 0 Å². The number of rotatable bonds is 12. The fourth-order valence-corrected chi connectivity index (χ4v) is 2.80. The Morgan fingerprint density at radius 1 is 1.06 bits per heavy atom. The number of hydrogen-bond acceptors (Lipinski definition) is 5. The molecule has 0 aliphatic rings. The minimum absolute atomic E-state index is 0.0990. The first-order valence-electron chi connectivity index (χ1n) is 6.36. The maximum atomic E-state index is 12.1. The Morgan fingerprint density at radius 2 is 1.56 bits per heavy atom. The van der Waals surface area contributed by atoms with Crippen molar-refractivity contribution in [3.63, 3.8) is 0 Å². The standard InChI is InChI=1S/C11H26N2O4S/c1-4-16-9-7-13(8-10-17-5-2)18(14,15)11-6-12-3/h12H,4-11H2,1-3H3. The predicted molar refractivity (Wildman–Crippen MR) is 72.3 cm³/mol. The monoisotopic (exact) mass is 282 g/mol. The van der Waals surface area contributed by atoms with Crippen LogP contribution >= 0.6 is 0 Å². The van der Waals surface area contributed by atoms with Crippen molar-refractivity contribution in [3.05, 3.63) is 0 Å². The van der Waals surface area contributed by atoms with E-state index in [1.165, 1.54) is 4.31 Å². The van der Waals surface area contributed by atoms with Gasteiger partial charge in [0.05, 0.1) is 19.0 Å². The fourth-order valence-electron chi connectivity index (χ4n) is 1.37. The number of nitrogens with one attached hydrogen (secondary N) is 1. The van der Waals surface area contributed by atoms with Gasteiger partial charge in [0.1, 0.15) is 0 Å². The lowest BCUT2D eigenvalue weighted by Gasteiger charge is -2.21. The molecule has 0 aliphatic carbocycles. The van der Waals surface area contributed by atoms with E-state index in [1.807, 2.05) is 13.8 Å². The van der Waals surface area contributed by atoms with E-state index in [4.69, 9.17) is 9.47 Å². The minimum atomic E-state index is -3.23. The van der Waals surface area contributed by atoms with Crippen LogP contribution in [0.5, 0.6) is 0 Å². The molecule has 0 atom stereocenters. The lowest BCUT2D eigenvalue weighted by Crippen LogP contribution is -2.40. The van der Waals surface area contributed by atoms with Gasteiger partial charge < -0.3 is 14.8 Å². The molecule has 0 fully saturated rings. The molecule has 0 aliphatic heterocycles. The van der Waals surface area contributed by atoms with E-state index >= 15 is 0 Å². The highest BCUT2D eigenvalue weighted by atomic mass is 32.2. The Labute approximate surface area is 111 Å². The van der Waals surface area contributed by atoms with Crippen LogP contribution in [0.15, 0.2) is 0 Å². The summed E-state index contributed by atoms with van der Waals surface area (Å²) in [6.07, 6.45) is 0. The summed E-state index contributed by atoms with van der Waals surface area (Å²) in [7, 11) is -1.50. The maximum Gasteiger partial charge on any atom is 0.215 e. The van der Waals surface area contributed by atoms with Gasteiger partial charge >= 0.3 is 0 Å². The van der Waals surface area contributed by atoms with Crippen molar-refractivity contribution in [2.75, 3.05) is 58.9 Å². The van der Waals surface area contributed by atoms with Crippen LogP contribution in [0.25, 0.3) is 0 Å². The van der Waals surface area contributed by atoms with Crippen molar-refractivity contribution in [2.24, 2.45) is 0 Å². The molecular weight excluding hydrogens is 256 g/mol. The molecule has 0 spiro atoms. The summed E-state index contributed by atoms with van der Waals surface area (Å²) in [6, 6.07) is 0. The summed E-state index contributed by atoms with van der Waals surface area (Å²) in [6.45, 7) is 7.01.